The van der Waals surface area contributed by atoms with Crippen LogP contribution in [0.2, 0.25) is 0 Å². The molecule has 0 spiro atoms. The van der Waals surface area contributed by atoms with Gasteiger partial charge in [0.2, 0.25) is 0 Å². The molecule has 4 heteroatoms. The molecule has 24 heavy (non-hydrogen) atoms. The monoisotopic (exact) mass is 320 g/mol. The van der Waals surface area contributed by atoms with Crippen molar-refractivity contribution in [1.29, 1.82) is 5.26 Å². The van der Waals surface area contributed by atoms with Crippen molar-refractivity contribution in [3.63, 3.8) is 0 Å². The van der Waals surface area contributed by atoms with Gasteiger partial charge < -0.3 is 10.1 Å². The second-order valence-corrected chi connectivity index (χ2v) is 5.41. The molecule has 2 aromatic carbocycles. The van der Waals surface area contributed by atoms with Crippen molar-refractivity contribution in [2.45, 2.75) is 20.8 Å². The molecular formula is C20H20N2O2. The van der Waals surface area contributed by atoms with Crippen molar-refractivity contribution in [2.24, 2.45) is 0 Å². The van der Waals surface area contributed by atoms with Crippen LogP contribution in [0.25, 0.3) is 6.08 Å². The molecule has 1 amide bonds. The van der Waals surface area contributed by atoms with E-state index in [1.807, 2.05) is 51.1 Å². The summed E-state index contributed by atoms with van der Waals surface area (Å²) in [6.45, 7) is 6.33. The van der Waals surface area contributed by atoms with Crippen molar-refractivity contribution in [3.05, 3.63) is 64.7 Å². The van der Waals surface area contributed by atoms with Crippen LogP contribution >= 0.6 is 0 Å². The number of amides is 1. The Hall–Kier alpha value is -3.06. The molecule has 0 atom stereocenters. The molecule has 0 aliphatic heterocycles. The lowest BCUT2D eigenvalue weighted by molar-refractivity contribution is -0.112. The fourth-order valence-corrected chi connectivity index (χ4v) is 2.33. The smallest absolute Gasteiger partial charge is 0.266 e. The number of hydrogen-bond acceptors (Lipinski definition) is 3. The normalized spacial score (nSPS) is 10.8. The Morgan fingerprint density at radius 1 is 1.25 bits per heavy atom. The highest BCUT2D eigenvalue weighted by atomic mass is 16.5. The number of rotatable bonds is 5. The third-order valence-electron chi connectivity index (χ3n) is 3.53. The third-order valence-corrected chi connectivity index (χ3v) is 3.53. The Bertz CT molecular complexity index is 817. The molecular weight excluding hydrogens is 300 g/mol. The van der Waals surface area contributed by atoms with Gasteiger partial charge in [-0.05, 0) is 50.1 Å². The van der Waals surface area contributed by atoms with E-state index in [1.165, 1.54) is 0 Å². The fraction of sp³-hybridized carbons (Fsp3) is 0.200. The van der Waals surface area contributed by atoms with Gasteiger partial charge in [0.05, 0.1) is 12.3 Å². The van der Waals surface area contributed by atoms with E-state index in [4.69, 9.17) is 4.74 Å². The van der Waals surface area contributed by atoms with Crippen LogP contribution in [0, 0.1) is 25.2 Å². The Balaban J connectivity index is 2.27. The van der Waals surface area contributed by atoms with Crippen molar-refractivity contribution < 1.29 is 9.53 Å². The Kier molecular flexibility index (Phi) is 5.75. The van der Waals surface area contributed by atoms with Crippen LogP contribution in [0.3, 0.4) is 0 Å². The summed E-state index contributed by atoms with van der Waals surface area (Å²) in [5.41, 5.74) is 3.60. The molecule has 0 unspecified atom stereocenters. The van der Waals surface area contributed by atoms with E-state index in [9.17, 15) is 10.1 Å². The van der Waals surface area contributed by atoms with Crippen LogP contribution < -0.4 is 10.1 Å². The average molecular weight is 320 g/mol. The highest BCUT2D eigenvalue weighted by molar-refractivity contribution is 6.10. The zero-order valence-electron chi connectivity index (χ0n) is 14.1. The minimum absolute atomic E-state index is 0.0493. The molecule has 122 valence electrons. The summed E-state index contributed by atoms with van der Waals surface area (Å²) in [6.07, 6.45) is 1.60. The number of ether oxygens (including phenoxy) is 1. The number of hydrogen-bond donors (Lipinski definition) is 1. The van der Waals surface area contributed by atoms with Crippen LogP contribution in [-0.4, -0.2) is 12.5 Å². The molecule has 0 heterocycles. The molecule has 0 aromatic heterocycles. The quantitative estimate of drug-likeness (QED) is 0.662. The lowest BCUT2D eigenvalue weighted by Crippen LogP contribution is -2.14. The summed E-state index contributed by atoms with van der Waals surface area (Å²) < 4.78 is 5.48. The molecule has 0 aliphatic rings. The van der Waals surface area contributed by atoms with Crippen molar-refractivity contribution >= 4 is 17.7 Å². The summed E-state index contributed by atoms with van der Waals surface area (Å²) in [5.74, 6) is 0.127. The van der Waals surface area contributed by atoms with E-state index < -0.39 is 5.91 Å². The maximum Gasteiger partial charge on any atom is 0.266 e. The number of anilines is 1. The summed E-state index contributed by atoms with van der Waals surface area (Å²) >= 11 is 0. The van der Waals surface area contributed by atoms with Gasteiger partial charge >= 0.3 is 0 Å². The van der Waals surface area contributed by atoms with Gasteiger partial charge in [0.1, 0.15) is 17.4 Å². The first-order valence-electron chi connectivity index (χ1n) is 7.77. The van der Waals surface area contributed by atoms with E-state index in [-0.39, 0.29) is 5.57 Å². The van der Waals surface area contributed by atoms with Gasteiger partial charge in [-0.25, -0.2) is 0 Å². The molecule has 1 N–H and O–H groups in total. The molecule has 2 aromatic rings. The molecule has 0 fully saturated rings. The zero-order chi connectivity index (χ0) is 17.5. The summed E-state index contributed by atoms with van der Waals surface area (Å²) in [5, 5.41) is 12.1. The summed E-state index contributed by atoms with van der Waals surface area (Å²) in [4.78, 5) is 12.4. The molecule has 0 aliphatic carbocycles. The first-order valence-corrected chi connectivity index (χ1v) is 7.77. The van der Waals surface area contributed by atoms with E-state index >= 15 is 0 Å². The standard InChI is InChI=1S/C20H20N2O2/c1-4-24-19-8-6-5-7-18(19)22-20(23)17(13-21)12-16-10-9-14(2)11-15(16)3/h5-12H,4H2,1-3H3,(H,22,23)/b17-12+. The molecule has 0 saturated heterocycles. The Labute approximate surface area is 142 Å². The number of nitrogens with one attached hydrogen (secondary N) is 1. The van der Waals surface area contributed by atoms with Crippen molar-refractivity contribution in [3.8, 4) is 11.8 Å². The van der Waals surface area contributed by atoms with Crippen LogP contribution in [0.1, 0.15) is 23.6 Å². The van der Waals surface area contributed by atoms with Crippen LogP contribution in [0.4, 0.5) is 5.69 Å². The SMILES string of the molecule is CCOc1ccccc1NC(=O)/C(C#N)=C/c1ccc(C)cc1C. The fourth-order valence-electron chi connectivity index (χ4n) is 2.33. The van der Waals surface area contributed by atoms with Crippen LogP contribution in [0.15, 0.2) is 48.0 Å². The number of nitrogens with zero attached hydrogens (tertiary/aromatic N) is 1. The van der Waals surface area contributed by atoms with Crippen molar-refractivity contribution in [1.82, 2.24) is 0 Å². The van der Waals surface area contributed by atoms with Gasteiger partial charge in [-0.1, -0.05) is 35.9 Å². The van der Waals surface area contributed by atoms with Crippen molar-refractivity contribution in [2.75, 3.05) is 11.9 Å². The zero-order valence-corrected chi connectivity index (χ0v) is 14.1. The Morgan fingerprint density at radius 2 is 2.00 bits per heavy atom. The predicted octanol–water partition coefficient (Wildman–Crippen LogP) is 4.25. The summed E-state index contributed by atoms with van der Waals surface area (Å²) in [7, 11) is 0. The number of benzene rings is 2. The predicted molar refractivity (Wildman–Crippen MR) is 95.7 cm³/mol. The number of para-hydroxylation sites is 2. The highest BCUT2D eigenvalue weighted by Crippen LogP contribution is 2.24. The number of aryl methyl sites for hydroxylation is 2. The maximum absolute atomic E-state index is 12.4. The first kappa shape index (κ1) is 17.3. The van der Waals surface area contributed by atoms with Crippen LogP contribution in [0.5, 0.6) is 5.75 Å². The van der Waals surface area contributed by atoms with Gasteiger partial charge in [-0.15, -0.1) is 0 Å². The first-order chi connectivity index (χ1) is 11.5. The van der Waals surface area contributed by atoms with Crippen LogP contribution in [-0.2, 0) is 4.79 Å². The minimum atomic E-state index is -0.454. The second kappa shape index (κ2) is 7.98. The highest BCUT2D eigenvalue weighted by Gasteiger charge is 2.12. The van der Waals surface area contributed by atoms with E-state index in [0.29, 0.717) is 18.0 Å². The molecule has 0 radical (unpaired) electrons. The number of nitriles is 1. The van der Waals surface area contributed by atoms with Gasteiger partial charge in [0.15, 0.2) is 0 Å². The molecule has 0 bridgehead atoms. The van der Waals surface area contributed by atoms with E-state index in [2.05, 4.69) is 5.32 Å². The largest absolute Gasteiger partial charge is 0.492 e. The molecule has 4 nitrogen and oxygen atoms in total. The van der Waals surface area contributed by atoms with Gasteiger partial charge in [-0.2, -0.15) is 5.26 Å². The second-order valence-electron chi connectivity index (χ2n) is 5.41. The lowest BCUT2D eigenvalue weighted by Gasteiger charge is -2.11. The molecule has 0 saturated carbocycles. The van der Waals surface area contributed by atoms with Gasteiger partial charge in [-0.3, -0.25) is 4.79 Å². The topological polar surface area (TPSA) is 62.1 Å². The van der Waals surface area contributed by atoms with Gasteiger partial charge in [0, 0.05) is 0 Å². The minimum Gasteiger partial charge on any atom is -0.492 e. The average Bonchev–Trinajstić information content (AvgIpc) is 2.56. The number of carbonyl (C=O) groups excluding carboxylic acids is 1. The number of carbonyl (C=O) groups is 1. The third kappa shape index (κ3) is 4.23. The van der Waals surface area contributed by atoms with Gasteiger partial charge in [0.25, 0.3) is 5.91 Å². The summed E-state index contributed by atoms with van der Waals surface area (Å²) in [6, 6.07) is 15.0. The van der Waals surface area contributed by atoms with E-state index in [0.717, 1.165) is 16.7 Å². The maximum atomic E-state index is 12.4. The lowest BCUT2D eigenvalue weighted by atomic mass is 10.0. The Morgan fingerprint density at radius 3 is 2.67 bits per heavy atom. The van der Waals surface area contributed by atoms with E-state index in [1.54, 1.807) is 24.3 Å². The molecule has 2 rings (SSSR count).